The maximum Gasteiger partial charge on any atom is 0.325 e. The van der Waals surface area contributed by atoms with Crippen molar-refractivity contribution in [3.63, 3.8) is 0 Å². The number of aromatic nitrogens is 2. The van der Waals surface area contributed by atoms with Crippen molar-refractivity contribution in [3.05, 3.63) is 75.9 Å². The first-order chi connectivity index (χ1) is 12.6. The molecule has 6 heteroatoms. The molecule has 0 saturated heterocycles. The van der Waals surface area contributed by atoms with E-state index in [9.17, 15) is 0 Å². The first-order valence-electron chi connectivity index (χ1n) is 8.40. The van der Waals surface area contributed by atoms with Gasteiger partial charge in [0.2, 0.25) is 0 Å². The first kappa shape index (κ1) is 17.1. The van der Waals surface area contributed by atoms with Gasteiger partial charge in [0.15, 0.2) is 0 Å². The van der Waals surface area contributed by atoms with Gasteiger partial charge in [-0.15, -0.1) is 0 Å². The molecule has 0 aliphatic carbocycles. The molecule has 1 atom stereocenters. The van der Waals surface area contributed by atoms with Crippen LogP contribution in [-0.2, 0) is 13.0 Å². The minimum atomic E-state index is 0.239. The van der Waals surface area contributed by atoms with Gasteiger partial charge in [-0.1, -0.05) is 53.5 Å². The van der Waals surface area contributed by atoms with Gasteiger partial charge in [-0.05, 0) is 43.2 Å². The van der Waals surface area contributed by atoms with Crippen molar-refractivity contribution in [2.45, 2.75) is 25.9 Å². The smallest absolute Gasteiger partial charge is 0.325 e. The molecule has 2 aromatic carbocycles. The Morgan fingerprint density at radius 3 is 2.50 bits per heavy atom. The fourth-order valence-electron chi connectivity index (χ4n) is 3.12. The predicted molar refractivity (Wildman–Crippen MR) is 104 cm³/mol. The number of anilines is 1. The van der Waals surface area contributed by atoms with Crippen LogP contribution in [0.3, 0.4) is 0 Å². The highest BCUT2D eigenvalue weighted by Crippen LogP contribution is 2.37. The SMILES string of the molecule is C[C@@H]1Cc2c(Cl)nc(Oc3ccc(Cl)cc3)nc2N1Cc1ccccc1. The van der Waals surface area contributed by atoms with Crippen molar-refractivity contribution < 1.29 is 4.74 Å². The summed E-state index contributed by atoms with van der Waals surface area (Å²) in [6, 6.07) is 17.9. The highest BCUT2D eigenvalue weighted by atomic mass is 35.5. The average Bonchev–Trinajstić information content (AvgIpc) is 2.95. The van der Waals surface area contributed by atoms with Crippen LogP contribution in [-0.4, -0.2) is 16.0 Å². The number of ether oxygens (including phenoxy) is 1. The topological polar surface area (TPSA) is 38.3 Å². The Balaban J connectivity index is 1.64. The van der Waals surface area contributed by atoms with Gasteiger partial charge in [0, 0.05) is 23.2 Å². The van der Waals surface area contributed by atoms with Crippen LogP contribution >= 0.6 is 23.2 Å². The number of nitrogens with zero attached hydrogens (tertiary/aromatic N) is 3. The van der Waals surface area contributed by atoms with Crippen LogP contribution in [0.2, 0.25) is 10.2 Å². The van der Waals surface area contributed by atoms with Gasteiger partial charge in [-0.25, -0.2) is 0 Å². The monoisotopic (exact) mass is 385 g/mol. The van der Waals surface area contributed by atoms with Crippen LogP contribution in [0.4, 0.5) is 5.82 Å². The van der Waals surface area contributed by atoms with Gasteiger partial charge in [-0.3, -0.25) is 0 Å². The van der Waals surface area contributed by atoms with Crippen LogP contribution in [0.1, 0.15) is 18.1 Å². The third-order valence-electron chi connectivity index (χ3n) is 4.44. The Bertz CT molecular complexity index is 916. The predicted octanol–water partition coefficient (Wildman–Crippen LogP) is 5.53. The molecule has 0 saturated carbocycles. The van der Waals surface area contributed by atoms with E-state index in [-0.39, 0.29) is 6.01 Å². The first-order valence-corrected chi connectivity index (χ1v) is 9.16. The highest BCUT2D eigenvalue weighted by molar-refractivity contribution is 6.30. The number of hydrogen-bond acceptors (Lipinski definition) is 4. The Hall–Kier alpha value is -2.30. The molecule has 1 aliphatic rings. The van der Waals surface area contributed by atoms with Crippen LogP contribution in [0.5, 0.6) is 11.8 Å². The molecular weight excluding hydrogens is 369 g/mol. The standard InChI is InChI=1S/C20H17Cl2N3O/c1-13-11-17-18(22)23-20(26-16-9-7-15(21)8-10-16)24-19(17)25(13)12-14-5-3-2-4-6-14/h2-10,13H,11-12H2,1H3/t13-/m1/s1. The number of hydrogen-bond donors (Lipinski definition) is 0. The molecule has 3 aromatic rings. The van der Waals surface area contributed by atoms with E-state index in [4.69, 9.17) is 27.9 Å². The van der Waals surface area contributed by atoms with Gasteiger partial charge in [0.05, 0.1) is 0 Å². The van der Waals surface area contributed by atoms with E-state index in [2.05, 4.69) is 33.9 Å². The van der Waals surface area contributed by atoms with Crippen molar-refractivity contribution in [3.8, 4) is 11.8 Å². The van der Waals surface area contributed by atoms with Crippen molar-refractivity contribution in [1.82, 2.24) is 9.97 Å². The van der Waals surface area contributed by atoms with Crippen molar-refractivity contribution in [2.75, 3.05) is 4.90 Å². The number of rotatable bonds is 4. The molecule has 132 valence electrons. The molecule has 0 amide bonds. The molecule has 0 fully saturated rings. The molecule has 0 N–H and O–H groups in total. The molecule has 0 bridgehead atoms. The summed E-state index contributed by atoms with van der Waals surface area (Å²) in [5, 5.41) is 1.09. The second-order valence-corrected chi connectivity index (χ2v) is 7.12. The summed E-state index contributed by atoms with van der Waals surface area (Å²) < 4.78 is 5.78. The average molecular weight is 386 g/mol. The maximum atomic E-state index is 6.42. The van der Waals surface area contributed by atoms with E-state index < -0.39 is 0 Å². The van der Waals surface area contributed by atoms with Gasteiger partial charge in [0.1, 0.15) is 16.7 Å². The summed E-state index contributed by atoms with van der Waals surface area (Å²) in [6.45, 7) is 2.93. The Morgan fingerprint density at radius 2 is 1.77 bits per heavy atom. The zero-order valence-electron chi connectivity index (χ0n) is 14.2. The molecule has 4 rings (SSSR count). The Kier molecular flexibility index (Phi) is 4.70. The third-order valence-corrected chi connectivity index (χ3v) is 5.00. The molecule has 0 unspecified atom stereocenters. The van der Waals surface area contributed by atoms with Gasteiger partial charge in [0.25, 0.3) is 0 Å². The molecule has 1 aromatic heterocycles. The van der Waals surface area contributed by atoms with Gasteiger partial charge < -0.3 is 9.64 Å². The molecule has 2 heterocycles. The minimum Gasteiger partial charge on any atom is -0.424 e. The second kappa shape index (κ2) is 7.14. The number of halogens is 2. The van der Waals surface area contributed by atoms with Crippen LogP contribution in [0, 0.1) is 0 Å². The second-order valence-electron chi connectivity index (χ2n) is 6.32. The number of fused-ring (bicyclic) bond motifs is 1. The molecule has 1 aliphatic heterocycles. The lowest BCUT2D eigenvalue weighted by molar-refractivity contribution is 0.441. The largest absolute Gasteiger partial charge is 0.424 e. The quantitative estimate of drug-likeness (QED) is 0.553. The fourth-order valence-corrected chi connectivity index (χ4v) is 3.48. The third kappa shape index (κ3) is 3.48. The summed E-state index contributed by atoms with van der Waals surface area (Å²) in [5.41, 5.74) is 2.20. The molecule has 26 heavy (non-hydrogen) atoms. The Morgan fingerprint density at radius 1 is 1.04 bits per heavy atom. The van der Waals surface area contributed by atoms with E-state index in [1.807, 2.05) is 18.2 Å². The van der Waals surface area contributed by atoms with E-state index in [0.717, 1.165) is 24.3 Å². The molecule has 0 radical (unpaired) electrons. The molecule has 4 nitrogen and oxygen atoms in total. The van der Waals surface area contributed by atoms with E-state index in [1.165, 1.54) is 5.56 Å². The fraction of sp³-hybridized carbons (Fsp3) is 0.200. The van der Waals surface area contributed by atoms with E-state index >= 15 is 0 Å². The molecular formula is C20H17Cl2N3O. The van der Waals surface area contributed by atoms with Gasteiger partial charge in [-0.2, -0.15) is 9.97 Å². The van der Waals surface area contributed by atoms with Crippen molar-refractivity contribution in [1.29, 1.82) is 0 Å². The van der Waals surface area contributed by atoms with Crippen molar-refractivity contribution >= 4 is 29.0 Å². The minimum absolute atomic E-state index is 0.239. The summed E-state index contributed by atoms with van der Waals surface area (Å²) in [7, 11) is 0. The maximum absolute atomic E-state index is 6.42. The van der Waals surface area contributed by atoms with Crippen molar-refractivity contribution in [2.24, 2.45) is 0 Å². The van der Waals surface area contributed by atoms with E-state index in [0.29, 0.717) is 22.0 Å². The summed E-state index contributed by atoms with van der Waals surface area (Å²) >= 11 is 12.3. The van der Waals surface area contributed by atoms with Gasteiger partial charge >= 0.3 is 6.01 Å². The lowest BCUT2D eigenvalue weighted by Crippen LogP contribution is -2.29. The summed E-state index contributed by atoms with van der Waals surface area (Å²) in [4.78, 5) is 11.2. The van der Waals surface area contributed by atoms with Crippen LogP contribution < -0.4 is 9.64 Å². The lowest BCUT2D eigenvalue weighted by atomic mass is 10.2. The lowest BCUT2D eigenvalue weighted by Gasteiger charge is -2.24. The van der Waals surface area contributed by atoms with Crippen LogP contribution in [0.25, 0.3) is 0 Å². The highest BCUT2D eigenvalue weighted by Gasteiger charge is 2.31. The van der Waals surface area contributed by atoms with E-state index in [1.54, 1.807) is 24.3 Å². The molecule has 0 spiro atoms. The van der Waals surface area contributed by atoms with Crippen LogP contribution in [0.15, 0.2) is 54.6 Å². The Labute approximate surface area is 162 Å². The zero-order chi connectivity index (χ0) is 18.1. The summed E-state index contributed by atoms with van der Waals surface area (Å²) in [5.74, 6) is 1.45. The summed E-state index contributed by atoms with van der Waals surface area (Å²) in [6.07, 6.45) is 0.822. The normalized spacial score (nSPS) is 15.8. The zero-order valence-corrected chi connectivity index (χ0v) is 15.7. The number of benzene rings is 2.